The summed E-state index contributed by atoms with van der Waals surface area (Å²) in [6.07, 6.45) is 1.20. The van der Waals surface area contributed by atoms with Crippen LogP contribution >= 0.6 is 23.2 Å². The number of alkyl halides is 1. The fourth-order valence-electron chi connectivity index (χ4n) is 1.47. The molecule has 1 aromatic carbocycles. The Bertz CT molecular complexity index is 337. The molecule has 1 atom stereocenters. The molecule has 0 bridgehead atoms. The standard InChI is InChI=1S/C12H15Cl2NO/c1-2-11(15-12(16)7-8-13)9-3-5-10(14)6-4-9/h3-6,11H,2,7-8H2,1H3,(H,15,16). The van der Waals surface area contributed by atoms with Crippen molar-refractivity contribution >= 4 is 29.1 Å². The lowest BCUT2D eigenvalue weighted by Crippen LogP contribution is -2.28. The van der Waals surface area contributed by atoms with E-state index in [2.05, 4.69) is 5.32 Å². The Morgan fingerprint density at radius 1 is 1.38 bits per heavy atom. The number of carbonyl (C=O) groups is 1. The maximum Gasteiger partial charge on any atom is 0.221 e. The molecule has 4 heteroatoms. The number of halogens is 2. The van der Waals surface area contributed by atoms with Gasteiger partial charge in [-0.3, -0.25) is 4.79 Å². The predicted octanol–water partition coefficient (Wildman–Crippen LogP) is 3.54. The molecule has 0 fully saturated rings. The van der Waals surface area contributed by atoms with Gasteiger partial charge in [-0.15, -0.1) is 11.6 Å². The number of rotatable bonds is 5. The molecule has 16 heavy (non-hydrogen) atoms. The van der Waals surface area contributed by atoms with Gasteiger partial charge in [-0.05, 0) is 24.1 Å². The summed E-state index contributed by atoms with van der Waals surface area (Å²) < 4.78 is 0. The normalized spacial score (nSPS) is 12.2. The Balaban J connectivity index is 2.67. The SMILES string of the molecule is CCC(NC(=O)CCCl)c1ccc(Cl)cc1. The molecule has 0 saturated heterocycles. The lowest BCUT2D eigenvalue weighted by Gasteiger charge is -2.17. The molecule has 1 aromatic rings. The fraction of sp³-hybridized carbons (Fsp3) is 0.417. The van der Waals surface area contributed by atoms with Crippen molar-refractivity contribution in [2.75, 3.05) is 5.88 Å². The first-order chi connectivity index (χ1) is 7.67. The van der Waals surface area contributed by atoms with Gasteiger partial charge in [0.05, 0.1) is 6.04 Å². The predicted molar refractivity (Wildman–Crippen MR) is 68.0 cm³/mol. The van der Waals surface area contributed by atoms with Crippen LogP contribution in [0.25, 0.3) is 0 Å². The van der Waals surface area contributed by atoms with E-state index in [4.69, 9.17) is 23.2 Å². The van der Waals surface area contributed by atoms with Crippen LogP contribution in [0.5, 0.6) is 0 Å². The van der Waals surface area contributed by atoms with E-state index in [0.29, 0.717) is 17.3 Å². The molecule has 0 spiro atoms. The Labute approximate surface area is 106 Å². The fourth-order valence-corrected chi connectivity index (χ4v) is 1.77. The highest BCUT2D eigenvalue weighted by atomic mass is 35.5. The quantitative estimate of drug-likeness (QED) is 0.806. The van der Waals surface area contributed by atoms with Crippen molar-refractivity contribution in [1.82, 2.24) is 5.32 Å². The molecule has 0 aliphatic rings. The van der Waals surface area contributed by atoms with E-state index in [9.17, 15) is 4.79 Å². The Hall–Kier alpha value is -0.730. The lowest BCUT2D eigenvalue weighted by atomic mass is 10.0. The maximum absolute atomic E-state index is 11.4. The number of carbonyl (C=O) groups excluding carboxylic acids is 1. The zero-order valence-electron chi connectivity index (χ0n) is 9.17. The highest BCUT2D eigenvalue weighted by Gasteiger charge is 2.11. The van der Waals surface area contributed by atoms with Gasteiger partial charge in [-0.25, -0.2) is 0 Å². The topological polar surface area (TPSA) is 29.1 Å². The highest BCUT2D eigenvalue weighted by molar-refractivity contribution is 6.30. The summed E-state index contributed by atoms with van der Waals surface area (Å²) in [5.41, 5.74) is 1.06. The average Bonchev–Trinajstić information content (AvgIpc) is 2.27. The molecule has 1 unspecified atom stereocenters. The third kappa shape index (κ3) is 4.03. The molecule has 1 amide bonds. The van der Waals surface area contributed by atoms with Crippen molar-refractivity contribution in [2.45, 2.75) is 25.8 Å². The number of hydrogen-bond donors (Lipinski definition) is 1. The van der Waals surface area contributed by atoms with Gasteiger partial charge in [-0.1, -0.05) is 30.7 Å². The van der Waals surface area contributed by atoms with Crippen LogP contribution in [0, 0.1) is 0 Å². The molecule has 0 aliphatic carbocycles. The minimum Gasteiger partial charge on any atom is -0.349 e. The molecule has 1 rings (SSSR count). The zero-order valence-corrected chi connectivity index (χ0v) is 10.7. The Kier molecular flexibility index (Phi) is 5.64. The summed E-state index contributed by atoms with van der Waals surface area (Å²) in [5, 5.41) is 3.64. The molecule has 88 valence electrons. The summed E-state index contributed by atoms with van der Waals surface area (Å²) in [7, 11) is 0. The van der Waals surface area contributed by atoms with Crippen LogP contribution in [0.15, 0.2) is 24.3 Å². The molecule has 0 aromatic heterocycles. The zero-order chi connectivity index (χ0) is 12.0. The summed E-state index contributed by atoms with van der Waals surface area (Å²) in [5.74, 6) is 0.333. The van der Waals surface area contributed by atoms with Crippen molar-refractivity contribution in [3.63, 3.8) is 0 Å². The van der Waals surface area contributed by atoms with E-state index in [1.807, 2.05) is 31.2 Å². The summed E-state index contributed by atoms with van der Waals surface area (Å²) in [6.45, 7) is 2.03. The van der Waals surface area contributed by atoms with E-state index >= 15 is 0 Å². The van der Waals surface area contributed by atoms with Gasteiger partial charge in [0.15, 0.2) is 0 Å². The van der Waals surface area contributed by atoms with Crippen molar-refractivity contribution in [3.05, 3.63) is 34.9 Å². The lowest BCUT2D eigenvalue weighted by molar-refractivity contribution is -0.121. The first kappa shape index (κ1) is 13.3. The summed E-state index contributed by atoms with van der Waals surface area (Å²) in [4.78, 5) is 11.4. The smallest absolute Gasteiger partial charge is 0.221 e. The second-order valence-corrected chi connectivity index (χ2v) is 4.33. The number of benzene rings is 1. The summed E-state index contributed by atoms with van der Waals surface area (Å²) >= 11 is 11.3. The summed E-state index contributed by atoms with van der Waals surface area (Å²) in [6, 6.07) is 7.54. The monoisotopic (exact) mass is 259 g/mol. The minimum atomic E-state index is -0.0169. The van der Waals surface area contributed by atoms with Gasteiger partial charge in [0, 0.05) is 17.3 Å². The van der Waals surface area contributed by atoms with Crippen molar-refractivity contribution in [2.24, 2.45) is 0 Å². The second kappa shape index (κ2) is 6.77. The third-order valence-electron chi connectivity index (χ3n) is 2.34. The third-order valence-corrected chi connectivity index (χ3v) is 2.78. The number of hydrogen-bond acceptors (Lipinski definition) is 1. The van der Waals surface area contributed by atoms with Gasteiger partial charge in [0.25, 0.3) is 0 Å². The van der Waals surface area contributed by atoms with Gasteiger partial charge >= 0.3 is 0 Å². The van der Waals surface area contributed by atoms with Crippen LogP contribution in [0.4, 0.5) is 0 Å². The van der Waals surface area contributed by atoms with E-state index < -0.39 is 0 Å². The minimum absolute atomic E-state index is 0.0169. The number of nitrogens with one attached hydrogen (secondary N) is 1. The van der Waals surface area contributed by atoms with Crippen LogP contribution < -0.4 is 5.32 Å². The van der Waals surface area contributed by atoms with Crippen molar-refractivity contribution < 1.29 is 4.79 Å². The van der Waals surface area contributed by atoms with E-state index in [-0.39, 0.29) is 11.9 Å². The first-order valence-corrected chi connectivity index (χ1v) is 6.19. The van der Waals surface area contributed by atoms with Crippen LogP contribution in [0.3, 0.4) is 0 Å². The highest BCUT2D eigenvalue weighted by Crippen LogP contribution is 2.19. The molecule has 0 saturated carbocycles. The second-order valence-electron chi connectivity index (χ2n) is 3.52. The molecule has 2 nitrogen and oxygen atoms in total. The molecule has 0 radical (unpaired) electrons. The molecule has 0 heterocycles. The van der Waals surface area contributed by atoms with Crippen LogP contribution in [0.2, 0.25) is 5.02 Å². The van der Waals surface area contributed by atoms with Crippen LogP contribution in [0.1, 0.15) is 31.4 Å². The van der Waals surface area contributed by atoms with Crippen LogP contribution in [-0.4, -0.2) is 11.8 Å². The molecular weight excluding hydrogens is 245 g/mol. The van der Waals surface area contributed by atoms with E-state index in [0.717, 1.165) is 12.0 Å². The van der Waals surface area contributed by atoms with E-state index in [1.54, 1.807) is 0 Å². The van der Waals surface area contributed by atoms with Gasteiger partial charge in [0.2, 0.25) is 5.91 Å². The van der Waals surface area contributed by atoms with Gasteiger partial charge in [0.1, 0.15) is 0 Å². The Morgan fingerprint density at radius 2 is 2.00 bits per heavy atom. The molecule has 1 N–H and O–H groups in total. The van der Waals surface area contributed by atoms with Crippen LogP contribution in [-0.2, 0) is 4.79 Å². The van der Waals surface area contributed by atoms with Crippen molar-refractivity contribution in [3.8, 4) is 0 Å². The van der Waals surface area contributed by atoms with Gasteiger partial charge < -0.3 is 5.32 Å². The maximum atomic E-state index is 11.4. The largest absolute Gasteiger partial charge is 0.349 e. The molecule has 0 aliphatic heterocycles. The average molecular weight is 260 g/mol. The Morgan fingerprint density at radius 3 is 2.50 bits per heavy atom. The molecular formula is C12H15Cl2NO. The van der Waals surface area contributed by atoms with Gasteiger partial charge in [-0.2, -0.15) is 0 Å². The van der Waals surface area contributed by atoms with Crippen molar-refractivity contribution in [1.29, 1.82) is 0 Å². The first-order valence-electron chi connectivity index (χ1n) is 5.28. The number of amides is 1. The van der Waals surface area contributed by atoms with E-state index in [1.165, 1.54) is 0 Å².